The molecule has 0 saturated heterocycles. The third kappa shape index (κ3) is 2.65. The Morgan fingerprint density at radius 1 is 1.04 bits per heavy atom. The van der Waals surface area contributed by atoms with Crippen molar-refractivity contribution in [2.75, 3.05) is 0 Å². The number of sulfonamides is 1. The lowest BCUT2D eigenvalue weighted by Gasteiger charge is -2.12. The molecule has 1 aliphatic heterocycles. The fourth-order valence-corrected chi connectivity index (χ4v) is 4.69. The smallest absolute Gasteiger partial charge is 0.264 e. The molecule has 2 aromatic rings. The molecule has 2 aromatic carbocycles. The molecule has 0 N–H and O–H groups in total. The molecule has 0 spiro atoms. The maximum Gasteiger partial charge on any atom is 0.358 e. The minimum absolute atomic E-state index is 0.0182. The van der Waals surface area contributed by atoms with E-state index in [4.69, 9.17) is 4.28 Å². The Kier molecular flexibility index (Phi) is 3.60. The zero-order chi connectivity index (χ0) is 18.5. The molecule has 9 heteroatoms. The van der Waals surface area contributed by atoms with Crippen molar-refractivity contribution in [2.45, 2.75) is 16.7 Å². The van der Waals surface area contributed by atoms with Gasteiger partial charge in [-0.1, -0.05) is 35.0 Å². The molecule has 0 atom stereocenters. The van der Waals surface area contributed by atoms with Gasteiger partial charge in [0.2, 0.25) is 0 Å². The molecule has 0 unspecified atom stereocenters. The van der Waals surface area contributed by atoms with Gasteiger partial charge in [-0.25, -0.2) is 0 Å². The van der Waals surface area contributed by atoms with Gasteiger partial charge in [-0.3, -0.25) is 4.28 Å². The van der Waals surface area contributed by atoms with Gasteiger partial charge in [-0.2, -0.15) is 21.2 Å². The Morgan fingerprint density at radius 3 is 2.50 bits per heavy atom. The quantitative estimate of drug-likeness (QED) is 0.750. The van der Waals surface area contributed by atoms with Crippen molar-refractivity contribution in [3.8, 4) is 0 Å². The summed E-state index contributed by atoms with van der Waals surface area (Å²) in [4.78, 5) is 0.0544. The molecule has 1 heterocycles. The molecule has 2 aliphatic rings. The molecular formula is C17H12N2O5S2. The maximum atomic E-state index is 12.3. The van der Waals surface area contributed by atoms with E-state index in [1.54, 1.807) is 24.3 Å². The molecule has 0 amide bonds. The molecule has 0 fully saturated rings. The summed E-state index contributed by atoms with van der Waals surface area (Å²) in [5.74, 6) is 0. The van der Waals surface area contributed by atoms with Gasteiger partial charge in [0.1, 0.15) is 10.6 Å². The van der Waals surface area contributed by atoms with E-state index in [0.717, 1.165) is 5.56 Å². The second-order valence-electron chi connectivity index (χ2n) is 5.78. The largest absolute Gasteiger partial charge is 0.358 e. The molecule has 7 nitrogen and oxygen atoms in total. The predicted octanol–water partition coefficient (Wildman–Crippen LogP) is 2.17. The Hall–Kier alpha value is -2.78. The molecule has 0 saturated carbocycles. The summed E-state index contributed by atoms with van der Waals surface area (Å²) in [5, 5.41) is 3.74. The average Bonchev–Trinajstić information content (AvgIpc) is 2.87. The van der Waals surface area contributed by atoms with Crippen molar-refractivity contribution in [3.05, 3.63) is 71.3 Å². The first-order valence-corrected chi connectivity index (χ1v) is 10.4. The van der Waals surface area contributed by atoms with Gasteiger partial charge in [0.25, 0.3) is 10.0 Å². The topological polar surface area (TPSA) is 102 Å². The van der Waals surface area contributed by atoms with Gasteiger partial charge in [-0.05, 0) is 37.3 Å². The second kappa shape index (κ2) is 5.61. The fourth-order valence-electron chi connectivity index (χ4n) is 2.73. The van der Waals surface area contributed by atoms with Crippen molar-refractivity contribution in [3.63, 3.8) is 0 Å². The van der Waals surface area contributed by atoms with E-state index in [2.05, 4.69) is 9.55 Å². The molecule has 1 aliphatic carbocycles. The highest BCUT2D eigenvalue weighted by Gasteiger charge is 2.33. The van der Waals surface area contributed by atoms with Crippen molar-refractivity contribution >= 4 is 31.6 Å². The summed E-state index contributed by atoms with van der Waals surface area (Å²) in [6.07, 6.45) is 2.94. The summed E-state index contributed by atoms with van der Waals surface area (Å²) in [6, 6.07) is 10.8. The number of hydrogen-bond acceptors (Lipinski definition) is 6. The van der Waals surface area contributed by atoms with Crippen LogP contribution < -0.4 is 0 Å². The summed E-state index contributed by atoms with van der Waals surface area (Å²) in [7, 11) is -7.82. The van der Waals surface area contributed by atoms with Gasteiger partial charge >= 0.3 is 10.1 Å². The highest BCUT2D eigenvalue weighted by atomic mass is 32.2. The first-order chi connectivity index (χ1) is 12.3. The maximum absolute atomic E-state index is 12.3. The predicted molar refractivity (Wildman–Crippen MR) is 95.3 cm³/mol. The van der Waals surface area contributed by atoms with Crippen LogP contribution in [0.15, 0.2) is 74.0 Å². The molecular weight excluding hydrogens is 376 g/mol. The summed E-state index contributed by atoms with van der Waals surface area (Å²) in [6.45, 7) is 1.84. The van der Waals surface area contributed by atoms with E-state index in [0.29, 0.717) is 16.8 Å². The first kappa shape index (κ1) is 16.7. The van der Waals surface area contributed by atoms with E-state index in [1.165, 1.54) is 30.4 Å². The molecule has 132 valence electrons. The van der Waals surface area contributed by atoms with Crippen molar-refractivity contribution in [1.29, 1.82) is 0 Å². The third-order valence-corrected chi connectivity index (χ3v) is 6.45. The summed E-state index contributed by atoms with van der Waals surface area (Å²) in [5.41, 5.74) is 2.27. The van der Waals surface area contributed by atoms with Crippen LogP contribution in [0.3, 0.4) is 0 Å². The Labute approximate surface area is 150 Å². The van der Waals surface area contributed by atoms with Crippen molar-refractivity contribution < 1.29 is 21.1 Å². The molecule has 0 bridgehead atoms. The monoisotopic (exact) mass is 388 g/mol. The number of oxime groups is 1. The lowest BCUT2D eigenvalue weighted by molar-refractivity contribution is 0.339. The van der Waals surface area contributed by atoms with Crippen LogP contribution in [0.4, 0.5) is 0 Å². The average molecular weight is 388 g/mol. The lowest BCUT2D eigenvalue weighted by atomic mass is 9.94. The van der Waals surface area contributed by atoms with Crippen LogP contribution in [0, 0.1) is 6.92 Å². The zero-order valence-corrected chi connectivity index (χ0v) is 15.1. The van der Waals surface area contributed by atoms with Crippen LogP contribution in [0.2, 0.25) is 0 Å². The van der Waals surface area contributed by atoms with E-state index in [-0.39, 0.29) is 15.5 Å². The molecule has 0 aromatic heterocycles. The first-order valence-electron chi connectivity index (χ1n) is 7.53. The fraction of sp³-hybridized carbons (Fsp3) is 0.0588. The van der Waals surface area contributed by atoms with E-state index >= 15 is 0 Å². The Balaban J connectivity index is 1.74. The molecule has 26 heavy (non-hydrogen) atoms. The van der Waals surface area contributed by atoms with Gasteiger partial charge < -0.3 is 0 Å². The summed E-state index contributed by atoms with van der Waals surface area (Å²) < 4.78 is 57.2. The highest BCUT2D eigenvalue weighted by Crippen LogP contribution is 2.32. The standard InChI is InChI=1S/C17H12N2O5S2/c1-11-5-7-12(8-6-11)26(22,23)24-18-14-9-10-15-17-13(14)3-2-4-16(17)25(20,21)19-15/h2-10H,1H3/b18-14-. The van der Waals surface area contributed by atoms with Gasteiger partial charge in [0.15, 0.2) is 0 Å². The van der Waals surface area contributed by atoms with E-state index in [9.17, 15) is 16.8 Å². The van der Waals surface area contributed by atoms with E-state index in [1.807, 2.05) is 6.92 Å². The van der Waals surface area contributed by atoms with Crippen molar-refractivity contribution in [2.24, 2.45) is 9.55 Å². The Bertz CT molecular complexity index is 1220. The molecule has 0 radical (unpaired) electrons. The lowest BCUT2D eigenvalue weighted by Crippen LogP contribution is -2.13. The van der Waals surface area contributed by atoms with Gasteiger partial charge in [0.05, 0.1) is 10.6 Å². The van der Waals surface area contributed by atoms with Gasteiger partial charge in [-0.15, -0.1) is 0 Å². The number of hydrogen-bond donors (Lipinski definition) is 0. The second-order valence-corrected chi connectivity index (χ2v) is 8.88. The van der Waals surface area contributed by atoms with Crippen molar-refractivity contribution in [1.82, 2.24) is 0 Å². The SMILES string of the molecule is Cc1ccc(S(=O)(=O)O/N=C2/C=CC3=NS(=O)(=O)c4cccc2c43)cc1. The van der Waals surface area contributed by atoms with Crippen LogP contribution in [-0.4, -0.2) is 28.3 Å². The van der Waals surface area contributed by atoms with Crippen LogP contribution in [0.25, 0.3) is 0 Å². The molecule has 4 rings (SSSR count). The number of benzene rings is 2. The van der Waals surface area contributed by atoms with Crippen LogP contribution in [0.1, 0.15) is 16.7 Å². The highest BCUT2D eigenvalue weighted by molar-refractivity contribution is 7.90. The number of nitrogens with zero attached hydrogens (tertiary/aromatic N) is 2. The number of allylic oxidation sites excluding steroid dienone is 2. The van der Waals surface area contributed by atoms with Crippen LogP contribution in [0.5, 0.6) is 0 Å². The third-order valence-electron chi connectivity index (χ3n) is 4.00. The number of aryl methyl sites for hydroxylation is 1. The van der Waals surface area contributed by atoms with Crippen LogP contribution in [-0.2, 0) is 24.4 Å². The zero-order valence-electron chi connectivity index (χ0n) is 13.4. The normalized spacial score (nSPS) is 18.5. The van der Waals surface area contributed by atoms with E-state index < -0.39 is 20.1 Å². The Morgan fingerprint density at radius 2 is 1.77 bits per heavy atom. The van der Waals surface area contributed by atoms with Gasteiger partial charge in [0, 0.05) is 11.1 Å². The minimum atomic E-state index is -4.08. The summed E-state index contributed by atoms with van der Waals surface area (Å²) >= 11 is 0. The van der Waals surface area contributed by atoms with Crippen LogP contribution >= 0.6 is 0 Å². The number of rotatable bonds is 3. The minimum Gasteiger partial charge on any atom is -0.264 e.